The second-order valence-corrected chi connectivity index (χ2v) is 4.53. The SMILES string of the molecule is OC[C@@H]1C[C@H]1Oc1ccc(I)cc1. The average Bonchev–Trinajstić information content (AvgIpc) is 2.88. The molecule has 1 N–H and O–H groups in total. The van der Waals surface area contributed by atoms with Crippen molar-refractivity contribution < 1.29 is 9.84 Å². The standard InChI is InChI=1S/C10H11IO2/c11-8-1-3-9(4-2-8)13-10-5-7(10)6-12/h1-4,7,10,12H,5-6H2/t7-,10+/m0/s1. The number of rotatable bonds is 3. The van der Waals surface area contributed by atoms with Gasteiger partial charge in [0.15, 0.2) is 0 Å². The molecule has 1 aliphatic carbocycles. The highest BCUT2D eigenvalue weighted by Gasteiger charge is 2.38. The van der Waals surface area contributed by atoms with Crippen LogP contribution in [0.5, 0.6) is 5.75 Å². The van der Waals surface area contributed by atoms with E-state index in [1.807, 2.05) is 24.3 Å². The largest absolute Gasteiger partial charge is 0.490 e. The average molecular weight is 290 g/mol. The molecule has 0 spiro atoms. The summed E-state index contributed by atoms with van der Waals surface area (Å²) < 4.78 is 6.83. The number of hydrogen-bond donors (Lipinski definition) is 1. The van der Waals surface area contributed by atoms with Crippen molar-refractivity contribution in [3.63, 3.8) is 0 Å². The highest BCUT2D eigenvalue weighted by molar-refractivity contribution is 14.1. The Bertz CT molecular complexity index is 283. The van der Waals surface area contributed by atoms with Crippen molar-refractivity contribution in [3.8, 4) is 5.75 Å². The molecule has 70 valence electrons. The summed E-state index contributed by atoms with van der Waals surface area (Å²) in [5.74, 6) is 1.26. The van der Waals surface area contributed by atoms with Crippen LogP contribution in [-0.4, -0.2) is 17.8 Å². The minimum atomic E-state index is 0.241. The lowest BCUT2D eigenvalue weighted by Gasteiger charge is -2.04. The van der Waals surface area contributed by atoms with Gasteiger partial charge in [-0.1, -0.05) is 0 Å². The summed E-state index contributed by atoms with van der Waals surface area (Å²) in [6.45, 7) is 0.245. The predicted molar refractivity (Wildman–Crippen MR) is 58.8 cm³/mol. The van der Waals surface area contributed by atoms with E-state index in [2.05, 4.69) is 22.6 Å². The Kier molecular flexibility index (Phi) is 2.74. The van der Waals surface area contributed by atoms with Crippen molar-refractivity contribution >= 4 is 22.6 Å². The van der Waals surface area contributed by atoms with Crippen LogP contribution >= 0.6 is 22.6 Å². The normalized spacial score (nSPS) is 25.7. The van der Waals surface area contributed by atoms with Gasteiger partial charge in [0.1, 0.15) is 11.9 Å². The Morgan fingerprint density at radius 2 is 2.08 bits per heavy atom. The zero-order valence-corrected chi connectivity index (χ0v) is 9.27. The highest BCUT2D eigenvalue weighted by Crippen LogP contribution is 2.34. The van der Waals surface area contributed by atoms with Crippen LogP contribution in [0.1, 0.15) is 6.42 Å². The summed E-state index contributed by atoms with van der Waals surface area (Å²) in [5, 5.41) is 8.82. The van der Waals surface area contributed by atoms with E-state index in [0.717, 1.165) is 12.2 Å². The van der Waals surface area contributed by atoms with Gasteiger partial charge in [0, 0.05) is 16.1 Å². The van der Waals surface area contributed by atoms with Crippen LogP contribution in [0.3, 0.4) is 0 Å². The number of aliphatic hydroxyl groups excluding tert-OH is 1. The fourth-order valence-electron chi connectivity index (χ4n) is 1.24. The highest BCUT2D eigenvalue weighted by atomic mass is 127. The first-order valence-corrected chi connectivity index (χ1v) is 5.40. The molecule has 13 heavy (non-hydrogen) atoms. The van der Waals surface area contributed by atoms with E-state index >= 15 is 0 Å². The topological polar surface area (TPSA) is 29.5 Å². The van der Waals surface area contributed by atoms with E-state index in [9.17, 15) is 0 Å². The van der Waals surface area contributed by atoms with Crippen molar-refractivity contribution in [2.75, 3.05) is 6.61 Å². The Balaban J connectivity index is 1.92. The van der Waals surface area contributed by atoms with E-state index in [1.54, 1.807) is 0 Å². The molecule has 0 amide bonds. The second kappa shape index (κ2) is 3.84. The summed E-state index contributed by atoms with van der Waals surface area (Å²) in [6, 6.07) is 7.97. The minimum Gasteiger partial charge on any atom is -0.490 e. The molecule has 1 aliphatic rings. The number of halogens is 1. The van der Waals surface area contributed by atoms with Gasteiger partial charge in [-0.25, -0.2) is 0 Å². The maximum absolute atomic E-state index is 8.82. The zero-order valence-electron chi connectivity index (χ0n) is 7.11. The Morgan fingerprint density at radius 3 is 2.62 bits per heavy atom. The minimum absolute atomic E-state index is 0.241. The monoisotopic (exact) mass is 290 g/mol. The molecule has 2 nitrogen and oxygen atoms in total. The maximum atomic E-state index is 8.82. The van der Waals surface area contributed by atoms with Gasteiger partial charge in [0.25, 0.3) is 0 Å². The van der Waals surface area contributed by atoms with Crippen LogP contribution in [-0.2, 0) is 0 Å². The summed E-state index contributed by atoms with van der Waals surface area (Å²) in [7, 11) is 0. The lowest BCUT2D eigenvalue weighted by atomic mass is 10.3. The Hall–Kier alpha value is -0.290. The molecular formula is C10H11IO2. The van der Waals surface area contributed by atoms with Crippen molar-refractivity contribution in [1.82, 2.24) is 0 Å². The number of ether oxygens (including phenoxy) is 1. The molecule has 2 rings (SSSR count). The molecule has 0 aromatic heterocycles. The van der Waals surface area contributed by atoms with Crippen LogP contribution in [0.25, 0.3) is 0 Å². The van der Waals surface area contributed by atoms with Crippen molar-refractivity contribution in [2.24, 2.45) is 5.92 Å². The molecule has 1 saturated carbocycles. The first kappa shape index (κ1) is 9.27. The molecule has 0 aliphatic heterocycles. The van der Waals surface area contributed by atoms with E-state index in [0.29, 0.717) is 5.92 Å². The number of hydrogen-bond acceptors (Lipinski definition) is 2. The third-order valence-corrected chi connectivity index (χ3v) is 2.91. The molecule has 1 fully saturated rings. The Labute approximate surface area is 91.1 Å². The van der Waals surface area contributed by atoms with Gasteiger partial charge in [-0.3, -0.25) is 0 Å². The van der Waals surface area contributed by atoms with Gasteiger partial charge in [0.2, 0.25) is 0 Å². The quantitative estimate of drug-likeness (QED) is 0.863. The van der Waals surface area contributed by atoms with Crippen molar-refractivity contribution in [3.05, 3.63) is 27.8 Å². The van der Waals surface area contributed by atoms with Crippen LogP contribution in [0, 0.1) is 9.49 Å². The molecule has 3 heteroatoms. The Morgan fingerprint density at radius 1 is 1.38 bits per heavy atom. The van der Waals surface area contributed by atoms with E-state index in [1.165, 1.54) is 3.57 Å². The van der Waals surface area contributed by atoms with Gasteiger partial charge in [-0.2, -0.15) is 0 Å². The van der Waals surface area contributed by atoms with E-state index in [-0.39, 0.29) is 12.7 Å². The van der Waals surface area contributed by atoms with Crippen LogP contribution in [0.4, 0.5) is 0 Å². The third-order valence-electron chi connectivity index (χ3n) is 2.19. The fraction of sp³-hybridized carbons (Fsp3) is 0.400. The fourth-order valence-corrected chi connectivity index (χ4v) is 1.60. The molecule has 0 bridgehead atoms. The second-order valence-electron chi connectivity index (χ2n) is 3.29. The smallest absolute Gasteiger partial charge is 0.119 e. The molecule has 1 aromatic rings. The molecule has 2 atom stereocenters. The van der Waals surface area contributed by atoms with Gasteiger partial charge < -0.3 is 9.84 Å². The molecule has 0 saturated heterocycles. The summed E-state index contributed by atoms with van der Waals surface area (Å²) in [4.78, 5) is 0. The van der Waals surface area contributed by atoms with Crippen LogP contribution < -0.4 is 4.74 Å². The summed E-state index contributed by atoms with van der Waals surface area (Å²) in [5.41, 5.74) is 0. The van der Waals surface area contributed by atoms with Crippen molar-refractivity contribution in [2.45, 2.75) is 12.5 Å². The lowest BCUT2D eigenvalue weighted by Crippen LogP contribution is -2.02. The number of benzene rings is 1. The van der Waals surface area contributed by atoms with Gasteiger partial charge in [0.05, 0.1) is 0 Å². The van der Waals surface area contributed by atoms with Gasteiger partial charge >= 0.3 is 0 Å². The molecule has 0 unspecified atom stereocenters. The molecule has 0 radical (unpaired) electrons. The van der Waals surface area contributed by atoms with Crippen molar-refractivity contribution in [1.29, 1.82) is 0 Å². The maximum Gasteiger partial charge on any atom is 0.119 e. The van der Waals surface area contributed by atoms with E-state index < -0.39 is 0 Å². The molecule has 1 aromatic carbocycles. The zero-order chi connectivity index (χ0) is 9.26. The first-order valence-electron chi connectivity index (χ1n) is 4.32. The van der Waals surface area contributed by atoms with E-state index in [4.69, 9.17) is 9.84 Å². The van der Waals surface area contributed by atoms with Gasteiger partial charge in [-0.05, 0) is 53.3 Å². The van der Waals surface area contributed by atoms with Crippen LogP contribution in [0.2, 0.25) is 0 Å². The van der Waals surface area contributed by atoms with Crippen LogP contribution in [0.15, 0.2) is 24.3 Å². The molecule has 0 heterocycles. The van der Waals surface area contributed by atoms with Gasteiger partial charge in [-0.15, -0.1) is 0 Å². The summed E-state index contributed by atoms with van der Waals surface area (Å²) in [6.07, 6.45) is 1.23. The lowest BCUT2D eigenvalue weighted by molar-refractivity contribution is 0.224. The predicted octanol–water partition coefficient (Wildman–Crippen LogP) is 2.05. The summed E-state index contributed by atoms with van der Waals surface area (Å²) >= 11 is 2.26. The molecular weight excluding hydrogens is 279 g/mol. The number of aliphatic hydroxyl groups is 1. The first-order chi connectivity index (χ1) is 6.29. The third kappa shape index (κ3) is 2.34.